The summed E-state index contributed by atoms with van der Waals surface area (Å²) in [5.41, 5.74) is 2.76. The van der Waals surface area contributed by atoms with Crippen molar-refractivity contribution in [3.63, 3.8) is 0 Å². The molecule has 1 N–H and O–H groups in total. The van der Waals surface area contributed by atoms with Gasteiger partial charge in [0.15, 0.2) is 0 Å². The predicted octanol–water partition coefficient (Wildman–Crippen LogP) is 1.93. The van der Waals surface area contributed by atoms with Gasteiger partial charge in [-0.15, -0.1) is 0 Å². The first-order chi connectivity index (χ1) is 7.79. The molecule has 0 saturated heterocycles. The number of nitrogens with one attached hydrogen (secondary N) is 1. The normalized spacial score (nSPS) is 9.56. The van der Waals surface area contributed by atoms with Crippen LogP contribution in [0.4, 0.5) is 0 Å². The van der Waals surface area contributed by atoms with Crippen LogP contribution in [0.3, 0.4) is 0 Å². The van der Waals surface area contributed by atoms with Crippen molar-refractivity contribution in [3.8, 4) is 5.75 Å². The number of hydroxylamine groups is 1. The Hall–Kier alpha value is -1.81. The Morgan fingerprint density at radius 1 is 1.50 bits per heavy atom. The Labute approximate surface area is 94.8 Å². The molecule has 0 heterocycles. The predicted molar refractivity (Wildman–Crippen MR) is 61.2 cm³/mol. The van der Waals surface area contributed by atoms with Crippen LogP contribution in [0.25, 0.3) is 0 Å². The van der Waals surface area contributed by atoms with Crippen LogP contribution >= 0.6 is 0 Å². The lowest BCUT2D eigenvalue weighted by molar-refractivity contribution is 0.0362. The highest BCUT2D eigenvalue weighted by molar-refractivity contribution is 5.96. The minimum atomic E-state index is -0.318. The molecule has 16 heavy (non-hydrogen) atoms. The molecule has 0 aliphatic carbocycles. The summed E-state index contributed by atoms with van der Waals surface area (Å²) in [6, 6.07) is 6.97. The molecule has 4 nitrogen and oxygen atoms in total. The van der Waals surface area contributed by atoms with Crippen molar-refractivity contribution in [2.75, 3.05) is 13.2 Å². The second kappa shape index (κ2) is 6.63. The van der Waals surface area contributed by atoms with Crippen LogP contribution < -0.4 is 10.2 Å². The molecule has 0 saturated carbocycles. The van der Waals surface area contributed by atoms with Crippen LogP contribution in [0.5, 0.6) is 5.75 Å². The van der Waals surface area contributed by atoms with Gasteiger partial charge in [-0.25, -0.2) is 5.48 Å². The van der Waals surface area contributed by atoms with Gasteiger partial charge in [-0.2, -0.15) is 0 Å². The number of amides is 1. The topological polar surface area (TPSA) is 47.6 Å². The van der Waals surface area contributed by atoms with E-state index in [1.165, 1.54) is 0 Å². The lowest BCUT2D eigenvalue weighted by atomic mass is 10.2. The van der Waals surface area contributed by atoms with Crippen molar-refractivity contribution in [2.24, 2.45) is 0 Å². The Kier molecular flexibility index (Phi) is 5.08. The number of carbonyl (C=O) groups is 1. The summed E-state index contributed by atoms with van der Waals surface area (Å²) < 4.78 is 5.35. The number of hydrogen-bond acceptors (Lipinski definition) is 3. The Balaban J connectivity index is 2.76. The molecule has 0 radical (unpaired) electrons. The monoisotopic (exact) mass is 221 g/mol. The first-order valence-electron chi connectivity index (χ1n) is 5.04. The molecule has 0 spiro atoms. The van der Waals surface area contributed by atoms with Crippen molar-refractivity contribution < 1.29 is 14.4 Å². The molecule has 1 rings (SSSR count). The number of ether oxygens (including phenoxy) is 1. The maximum absolute atomic E-state index is 11.6. The van der Waals surface area contributed by atoms with Gasteiger partial charge in [0.25, 0.3) is 5.91 Å². The van der Waals surface area contributed by atoms with Crippen molar-refractivity contribution in [1.29, 1.82) is 0 Å². The smallest absolute Gasteiger partial charge is 0.278 e. The summed E-state index contributed by atoms with van der Waals surface area (Å²) in [5.74, 6) is 0.195. The van der Waals surface area contributed by atoms with E-state index in [4.69, 9.17) is 9.57 Å². The lowest BCUT2D eigenvalue weighted by Crippen LogP contribution is -2.24. The third kappa shape index (κ3) is 3.40. The minimum Gasteiger partial charge on any atom is -0.489 e. The third-order valence-corrected chi connectivity index (χ3v) is 1.80. The third-order valence-electron chi connectivity index (χ3n) is 1.80. The number of hydrogen-bond donors (Lipinski definition) is 1. The van der Waals surface area contributed by atoms with E-state index < -0.39 is 0 Å². The van der Waals surface area contributed by atoms with Gasteiger partial charge < -0.3 is 4.74 Å². The zero-order chi connectivity index (χ0) is 11.8. The van der Waals surface area contributed by atoms with Crippen LogP contribution in [0, 0.1) is 0 Å². The second-order valence-corrected chi connectivity index (χ2v) is 2.96. The molecule has 0 bridgehead atoms. The zero-order valence-electron chi connectivity index (χ0n) is 9.23. The van der Waals surface area contributed by atoms with Gasteiger partial charge in [0.1, 0.15) is 12.4 Å². The summed E-state index contributed by atoms with van der Waals surface area (Å²) >= 11 is 0. The van der Waals surface area contributed by atoms with Crippen LogP contribution in [0.1, 0.15) is 17.3 Å². The van der Waals surface area contributed by atoms with Gasteiger partial charge in [0.2, 0.25) is 0 Å². The highest BCUT2D eigenvalue weighted by atomic mass is 16.6. The van der Waals surface area contributed by atoms with Gasteiger partial charge in [0.05, 0.1) is 12.2 Å². The molecular formula is C12H15NO3. The zero-order valence-corrected chi connectivity index (χ0v) is 9.23. The summed E-state index contributed by atoms with van der Waals surface area (Å²) in [6.07, 6.45) is 1.62. The van der Waals surface area contributed by atoms with Crippen LogP contribution in [-0.2, 0) is 4.84 Å². The fraction of sp³-hybridized carbons (Fsp3) is 0.250. The molecule has 0 aliphatic rings. The molecule has 0 unspecified atom stereocenters. The first-order valence-corrected chi connectivity index (χ1v) is 5.04. The number of rotatable bonds is 6. The number of carbonyl (C=O) groups excluding carboxylic acids is 1. The Bertz CT molecular complexity index is 363. The van der Waals surface area contributed by atoms with Crippen molar-refractivity contribution in [2.45, 2.75) is 6.92 Å². The fourth-order valence-corrected chi connectivity index (χ4v) is 1.12. The van der Waals surface area contributed by atoms with Gasteiger partial charge in [-0.3, -0.25) is 9.63 Å². The van der Waals surface area contributed by atoms with Crippen LogP contribution in [-0.4, -0.2) is 19.1 Å². The van der Waals surface area contributed by atoms with Crippen LogP contribution in [0.2, 0.25) is 0 Å². The SMILES string of the molecule is C=CCOc1ccccc1C(=O)NOCC. The summed E-state index contributed by atoms with van der Waals surface area (Å²) in [5, 5.41) is 0. The molecule has 0 fully saturated rings. The van der Waals surface area contributed by atoms with E-state index in [1.54, 1.807) is 37.3 Å². The van der Waals surface area contributed by atoms with Gasteiger partial charge in [-0.05, 0) is 19.1 Å². The maximum Gasteiger partial charge on any atom is 0.278 e. The van der Waals surface area contributed by atoms with Gasteiger partial charge in [-0.1, -0.05) is 24.8 Å². The average molecular weight is 221 g/mol. The maximum atomic E-state index is 11.6. The van der Waals surface area contributed by atoms with Crippen molar-refractivity contribution >= 4 is 5.91 Å². The molecule has 4 heteroatoms. The van der Waals surface area contributed by atoms with E-state index in [0.29, 0.717) is 24.5 Å². The Morgan fingerprint density at radius 2 is 2.25 bits per heavy atom. The molecule has 86 valence electrons. The highest BCUT2D eigenvalue weighted by Gasteiger charge is 2.11. The summed E-state index contributed by atoms with van der Waals surface area (Å²) in [4.78, 5) is 16.5. The lowest BCUT2D eigenvalue weighted by Gasteiger charge is -2.09. The minimum absolute atomic E-state index is 0.318. The van der Waals surface area contributed by atoms with E-state index >= 15 is 0 Å². The van der Waals surface area contributed by atoms with E-state index in [2.05, 4.69) is 12.1 Å². The van der Waals surface area contributed by atoms with E-state index in [9.17, 15) is 4.79 Å². The van der Waals surface area contributed by atoms with Crippen LogP contribution in [0.15, 0.2) is 36.9 Å². The Morgan fingerprint density at radius 3 is 2.94 bits per heavy atom. The van der Waals surface area contributed by atoms with Crippen molar-refractivity contribution in [3.05, 3.63) is 42.5 Å². The molecule has 1 amide bonds. The molecule has 0 aliphatic heterocycles. The number of benzene rings is 1. The van der Waals surface area contributed by atoms with Gasteiger partial charge >= 0.3 is 0 Å². The fourth-order valence-electron chi connectivity index (χ4n) is 1.12. The molecule has 0 atom stereocenters. The highest BCUT2D eigenvalue weighted by Crippen LogP contribution is 2.17. The van der Waals surface area contributed by atoms with E-state index in [-0.39, 0.29) is 5.91 Å². The largest absolute Gasteiger partial charge is 0.489 e. The molecule has 0 aromatic heterocycles. The first kappa shape index (κ1) is 12.3. The van der Waals surface area contributed by atoms with E-state index in [1.807, 2.05) is 0 Å². The standard InChI is InChI=1S/C12H15NO3/c1-3-9-15-11-8-6-5-7-10(11)12(14)13-16-4-2/h3,5-8H,1,4,9H2,2H3,(H,13,14). The van der Waals surface area contributed by atoms with E-state index in [0.717, 1.165) is 0 Å². The quantitative estimate of drug-likeness (QED) is 0.590. The summed E-state index contributed by atoms with van der Waals surface area (Å²) in [7, 11) is 0. The van der Waals surface area contributed by atoms with Gasteiger partial charge in [0, 0.05) is 0 Å². The summed E-state index contributed by atoms with van der Waals surface area (Å²) in [6.45, 7) is 6.12. The molecular weight excluding hydrogens is 206 g/mol. The van der Waals surface area contributed by atoms with Crippen molar-refractivity contribution in [1.82, 2.24) is 5.48 Å². The average Bonchev–Trinajstić information content (AvgIpc) is 2.33. The second-order valence-electron chi connectivity index (χ2n) is 2.96. The molecule has 1 aromatic carbocycles. The number of para-hydroxylation sites is 1. The molecule has 1 aromatic rings.